The number of ether oxygens (including phenoxy) is 1. The van der Waals surface area contributed by atoms with Gasteiger partial charge in [0.05, 0.1) is 6.61 Å². The van der Waals surface area contributed by atoms with Gasteiger partial charge in [-0.15, -0.1) is 0 Å². The van der Waals surface area contributed by atoms with Gasteiger partial charge in [0.2, 0.25) is 0 Å². The lowest BCUT2D eigenvalue weighted by Crippen LogP contribution is -2.19. The number of benzene rings is 1. The quantitative estimate of drug-likeness (QED) is 0.733. The Labute approximate surface area is 113 Å². The minimum absolute atomic E-state index is 0.214. The summed E-state index contributed by atoms with van der Waals surface area (Å²) in [5.41, 5.74) is 0.886. The van der Waals surface area contributed by atoms with Gasteiger partial charge in [0.25, 0.3) is 0 Å². The molecule has 18 heavy (non-hydrogen) atoms. The summed E-state index contributed by atoms with van der Waals surface area (Å²) in [6, 6.07) is 4.70. The summed E-state index contributed by atoms with van der Waals surface area (Å²) in [7, 11) is 0. The molecule has 0 unspecified atom stereocenters. The Morgan fingerprint density at radius 1 is 1.39 bits per heavy atom. The van der Waals surface area contributed by atoms with Gasteiger partial charge in [-0.1, -0.05) is 13.8 Å². The number of nitrogens with one attached hydrogen (secondary N) is 1. The van der Waals surface area contributed by atoms with E-state index >= 15 is 0 Å². The number of thioether (sulfide) groups is 1. The van der Waals surface area contributed by atoms with E-state index in [1.807, 2.05) is 6.26 Å². The number of hydrogen-bond donors (Lipinski definition) is 1. The SMILES string of the molecule is CSCCOc1ccc(F)cc1CNCC(C)C. The van der Waals surface area contributed by atoms with E-state index in [9.17, 15) is 4.39 Å². The Morgan fingerprint density at radius 2 is 2.17 bits per heavy atom. The molecule has 2 nitrogen and oxygen atoms in total. The van der Waals surface area contributed by atoms with Crippen molar-refractivity contribution >= 4 is 11.8 Å². The van der Waals surface area contributed by atoms with Crippen molar-refractivity contribution in [3.63, 3.8) is 0 Å². The molecule has 0 atom stereocenters. The molecule has 0 aromatic heterocycles. The number of hydrogen-bond acceptors (Lipinski definition) is 3. The van der Waals surface area contributed by atoms with Gasteiger partial charge in [0.1, 0.15) is 11.6 Å². The highest BCUT2D eigenvalue weighted by molar-refractivity contribution is 7.98. The van der Waals surface area contributed by atoms with Crippen LogP contribution in [-0.2, 0) is 6.54 Å². The van der Waals surface area contributed by atoms with Gasteiger partial charge in [0.15, 0.2) is 0 Å². The van der Waals surface area contributed by atoms with Gasteiger partial charge in [-0.25, -0.2) is 4.39 Å². The van der Waals surface area contributed by atoms with E-state index in [0.717, 1.165) is 23.6 Å². The van der Waals surface area contributed by atoms with Crippen molar-refractivity contribution in [3.05, 3.63) is 29.6 Å². The van der Waals surface area contributed by atoms with Crippen molar-refractivity contribution in [2.24, 2.45) is 5.92 Å². The van der Waals surface area contributed by atoms with Crippen LogP contribution in [0.2, 0.25) is 0 Å². The first-order chi connectivity index (χ1) is 8.63. The Bertz CT molecular complexity index is 358. The maximum atomic E-state index is 13.2. The average molecular weight is 271 g/mol. The predicted molar refractivity (Wildman–Crippen MR) is 76.8 cm³/mol. The van der Waals surface area contributed by atoms with E-state index in [1.54, 1.807) is 23.9 Å². The number of rotatable bonds is 8. The maximum Gasteiger partial charge on any atom is 0.124 e. The highest BCUT2D eigenvalue weighted by atomic mass is 32.2. The Balaban J connectivity index is 2.58. The molecular weight excluding hydrogens is 249 g/mol. The summed E-state index contributed by atoms with van der Waals surface area (Å²) < 4.78 is 18.9. The molecule has 0 aliphatic heterocycles. The molecule has 0 bridgehead atoms. The fourth-order valence-corrected chi connectivity index (χ4v) is 1.81. The Hall–Kier alpha value is -0.740. The first-order valence-corrected chi connectivity index (χ1v) is 7.63. The van der Waals surface area contributed by atoms with Crippen molar-refractivity contribution in [3.8, 4) is 5.75 Å². The average Bonchev–Trinajstić information content (AvgIpc) is 2.31. The fourth-order valence-electron chi connectivity index (χ4n) is 1.56. The molecule has 102 valence electrons. The second-order valence-electron chi connectivity index (χ2n) is 4.62. The van der Waals surface area contributed by atoms with Crippen molar-refractivity contribution < 1.29 is 9.13 Å². The highest BCUT2D eigenvalue weighted by Gasteiger charge is 2.05. The third-order valence-electron chi connectivity index (χ3n) is 2.44. The van der Waals surface area contributed by atoms with Crippen LogP contribution in [0, 0.1) is 11.7 Å². The molecule has 1 aromatic rings. The summed E-state index contributed by atoms with van der Waals surface area (Å²) in [6.45, 7) is 6.51. The van der Waals surface area contributed by atoms with Gasteiger partial charge in [-0.2, -0.15) is 11.8 Å². The minimum Gasteiger partial charge on any atom is -0.492 e. The molecular formula is C14H22FNOS. The van der Waals surface area contributed by atoms with E-state index in [1.165, 1.54) is 6.07 Å². The molecule has 1 rings (SSSR count). The van der Waals surface area contributed by atoms with E-state index in [0.29, 0.717) is 19.1 Å². The molecule has 4 heteroatoms. The lowest BCUT2D eigenvalue weighted by molar-refractivity contribution is 0.338. The molecule has 0 spiro atoms. The largest absolute Gasteiger partial charge is 0.492 e. The van der Waals surface area contributed by atoms with Crippen LogP contribution < -0.4 is 10.1 Å². The molecule has 0 aliphatic carbocycles. The first kappa shape index (κ1) is 15.3. The van der Waals surface area contributed by atoms with Gasteiger partial charge in [0, 0.05) is 17.9 Å². The normalized spacial score (nSPS) is 10.9. The van der Waals surface area contributed by atoms with Crippen LogP contribution in [0.3, 0.4) is 0 Å². The highest BCUT2D eigenvalue weighted by Crippen LogP contribution is 2.20. The first-order valence-electron chi connectivity index (χ1n) is 6.24. The third-order valence-corrected chi connectivity index (χ3v) is 3.01. The molecule has 0 saturated carbocycles. The monoisotopic (exact) mass is 271 g/mol. The smallest absolute Gasteiger partial charge is 0.124 e. The van der Waals surface area contributed by atoms with Crippen molar-refractivity contribution in [1.82, 2.24) is 5.32 Å². The van der Waals surface area contributed by atoms with Gasteiger partial charge in [-0.05, 0) is 36.9 Å². The fraction of sp³-hybridized carbons (Fsp3) is 0.571. The van der Waals surface area contributed by atoms with Crippen LogP contribution in [-0.4, -0.2) is 25.2 Å². The zero-order valence-electron chi connectivity index (χ0n) is 11.3. The molecule has 0 heterocycles. The van der Waals surface area contributed by atoms with Crippen LogP contribution >= 0.6 is 11.8 Å². The van der Waals surface area contributed by atoms with Crippen LogP contribution in [0.1, 0.15) is 19.4 Å². The number of halogens is 1. The summed E-state index contributed by atoms with van der Waals surface area (Å²) >= 11 is 1.74. The van der Waals surface area contributed by atoms with Crippen LogP contribution in [0.15, 0.2) is 18.2 Å². The second-order valence-corrected chi connectivity index (χ2v) is 5.60. The van der Waals surface area contributed by atoms with Crippen LogP contribution in [0.25, 0.3) is 0 Å². The zero-order valence-corrected chi connectivity index (χ0v) is 12.1. The minimum atomic E-state index is -0.214. The molecule has 0 amide bonds. The second kappa shape index (κ2) is 8.38. The van der Waals surface area contributed by atoms with Crippen LogP contribution in [0.4, 0.5) is 4.39 Å². The van der Waals surface area contributed by atoms with Gasteiger partial charge < -0.3 is 10.1 Å². The standard InChI is InChI=1S/C14H22FNOS/c1-11(2)9-16-10-12-8-13(15)4-5-14(12)17-6-7-18-3/h4-5,8,11,16H,6-7,9-10H2,1-3H3. The Kier molecular flexibility index (Phi) is 7.13. The van der Waals surface area contributed by atoms with Gasteiger partial charge >= 0.3 is 0 Å². The molecule has 0 fully saturated rings. The predicted octanol–water partition coefficient (Wildman–Crippen LogP) is 3.31. The summed E-state index contributed by atoms with van der Waals surface area (Å²) in [5.74, 6) is 2.09. The molecule has 0 aliphatic rings. The van der Waals surface area contributed by atoms with E-state index in [-0.39, 0.29) is 5.82 Å². The Morgan fingerprint density at radius 3 is 2.83 bits per heavy atom. The lowest BCUT2D eigenvalue weighted by Gasteiger charge is -2.13. The summed E-state index contributed by atoms with van der Waals surface area (Å²) in [4.78, 5) is 0. The third kappa shape index (κ3) is 5.74. The van der Waals surface area contributed by atoms with E-state index in [2.05, 4.69) is 19.2 Å². The van der Waals surface area contributed by atoms with Gasteiger partial charge in [-0.3, -0.25) is 0 Å². The maximum absolute atomic E-state index is 13.2. The van der Waals surface area contributed by atoms with E-state index in [4.69, 9.17) is 4.74 Å². The van der Waals surface area contributed by atoms with Crippen molar-refractivity contribution in [2.75, 3.05) is 25.2 Å². The van der Waals surface area contributed by atoms with Crippen LogP contribution in [0.5, 0.6) is 5.75 Å². The summed E-state index contributed by atoms with van der Waals surface area (Å²) in [6.07, 6.45) is 2.04. The molecule has 1 N–H and O–H groups in total. The van der Waals surface area contributed by atoms with E-state index < -0.39 is 0 Å². The molecule has 0 saturated heterocycles. The van der Waals surface area contributed by atoms with Crippen molar-refractivity contribution in [2.45, 2.75) is 20.4 Å². The zero-order chi connectivity index (χ0) is 13.4. The summed E-state index contributed by atoms with van der Waals surface area (Å²) in [5, 5.41) is 3.31. The topological polar surface area (TPSA) is 21.3 Å². The molecule has 1 aromatic carbocycles. The molecule has 0 radical (unpaired) electrons. The lowest BCUT2D eigenvalue weighted by atomic mass is 10.1. The van der Waals surface area contributed by atoms with Crippen molar-refractivity contribution in [1.29, 1.82) is 0 Å².